The average molecular weight is 293 g/mol. The monoisotopic (exact) mass is 293 g/mol. The molecule has 1 aliphatic heterocycles. The number of hydrogen-bond donors (Lipinski definition) is 0. The summed E-state index contributed by atoms with van der Waals surface area (Å²) in [7, 11) is 0. The highest BCUT2D eigenvalue weighted by Gasteiger charge is 2.54. The van der Waals surface area contributed by atoms with Crippen LogP contribution in [0.15, 0.2) is 54.6 Å². The van der Waals surface area contributed by atoms with Crippen molar-refractivity contribution in [1.82, 2.24) is 4.90 Å². The van der Waals surface area contributed by atoms with Gasteiger partial charge in [-0.15, -0.1) is 0 Å². The summed E-state index contributed by atoms with van der Waals surface area (Å²) < 4.78 is 0. The van der Waals surface area contributed by atoms with E-state index in [0.717, 1.165) is 11.1 Å². The number of Topliss-reactive ketones (excluding diaryl/α,β-unsaturated/α-hetero) is 1. The first-order valence-corrected chi connectivity index (χ1v) is 7.88. The molecule has 1 fully saturated rings. The second-order valence-electron chi connectivity index (χ2n) is 7.07. The van der Waals surface area contributed by atoms with Gasteiger partial charge in [0, 0.05) is 17.1 Å². The van der Waals surface area contributed by atoms with Gasteiger partial charge >= 0.3 is 0 Å². The zero-order chi connectivity index (χ0) is 15.9. The van der Waals surface area contributed by atoms with Crippen LogP contribution in [0.3, 0.4) is 0 Å². The molecular formula is C20H23NO. The lowest BCUT2D eigenvalue weighted by atomic mass is 10.0. The van der Waals surface area contributed by atoms with E-state index in [1.54, 1.807) is 0 Å². The molecule has 1 saturated heterocycles. The highest BCUT2D eigenvalue weighted by molar-refractivity contribution is 6.03. The number of carbonyl (C=O) groups excluding carboxylic acids is 1. The largest absolute Gasteiger partial charge is 0.292 e. The van der Waals surface area contributed by atoms with E-state index in [1.807, 2.05) is 42.5 Å². The van der Waals surface area contributed by atoms with E-state index in [2.05, 4.69) is 44.7 Å². The summed E-state index contributed by atoms with van der Waals surface area (Å²) in [5.41, 5.74) is 3.18. The molecule has 3 atom stereocenters. The number of hydrogen-bond acceptors (Lipinski definition) is 2. The topological polar surface area (TPSA) is 20.1 Å². The Bertz CT molecular complexity index is 667. The standard InChI is InChI=1S/C20H23NO/c1-14-18(21(14)20(2,3)4)19(22)17-12-10-16(11-13-17)15-8-6-5-7-9-15/h5-14,18H,1-4H3/t14-,18+,21?/m0/s1. The van der Waals surface area contributed by atoms with Crippen molar-refractivity contribution in [3.8, 4) is 11.1 Å². The van der Waals surface area contributed by atoms with Crippen LogP contribution in [0.5, 0.6) is 0 Å². The third-order valence-electron chi connectivity index (χ3n) is 4.43. The predicted molar refractivity (Wildman–Crippen MR) is 91.1 cm³/mol. The number of benzene rings is 2. The second kappa shape index (κ2) is 5.36. The van der Waals surface area contributed by atoms with Gasteiger partial charge in [-0.2, -0.15) is 0 Å². The number of ketones is 1. The lowest BCUT2D eigenvalue weighted by molar-refractivity contribution is 0.0957. The molecule has 0 aliphatic carbocycles. The third-order valence-corrected chi connectivity index (χ3v) is 4.43. The van der Waals surface area contributed by atoms with Gasteiger partial charge in [-0.25, -0.2) is 0 Å². The van der Waals surface area contributed by atoms with Gasteiger partial charge in [0.1, 0.15) is 0 Å². The maximum atomic E-state index is 12.7. The minimum atomic E-state index is 0.0302. The summed E-state index contributed by atoms with van der Waals surface area (Å²) in [4.78, 5) is 15.0. The van der Waals surface area contributed by atoms with E-state index in [9.17, 15) is 4.79 Å². The molecular weight excluding hydrogens is 270 g/mol. The van der Waals surface area contributed by atoms with E-state index in [1.165, 1.54) is 5.56 Å². The van der Waals surface area contributed by atoms with Crippen LogP contribution in [0.2, 0.25) is 0 Å². The fourth-order valence-electron chi connectivity index (χ4n) is 3.35. The molecule has 2 heteroatoms. The summed E-state index contributed by atoms with van der Waals surface area (Å²) >= 11 is 0. The lowest BCUT2D eigenvalue weighted by Gasteiger charge is -2.21. The molecule has 0 spiro atoms. The first kappa shape index (κ1) is 15.0. The Hall–Kier alpha value is -1.93. The first-order valence-electron chi connectivity index (χ1n) is 7.88. The smallest absolute Gasteiger partial charge is 0.181 e. The van der Waals surface area contributed by atoms with Crippen LogP contribution in [0.25, 0.3) is 11.1 Å². The van der Waals surface area contributed by atoms with Crippen molar-refractivity contribution >= 4 is 5.78 Å². The van der Waals surface area contributed by atoms with Gasteiger partial charge in [0.15, 0.2) is 5.78 Å². The Labute approximate surface area is 132 Å². The zero-order valence-electron chi connectivity index (χ0n) is 13.7. The van der Waals surface area contributed by atoms with Gasteiger partial charge in [0.05, 0.1) is 6.04 Å². The first-order chi connectivity index (χ1) is 10.4. The van der Waals surface area contributed by atoms with Crippen molar-refractivity contribution in [3.63, 3.8) is 0 Å². The number of nitrogens with zero attached hydrogens (tertiary/aromatic N) is 1. The minimum absolute atomic E-state index is 0.0302. The van der Waals surface area contributed by atoms with Gasteiger partial charge in [-0.05, 0) is 38.8 Å². The summed E-state index contributed by atoms with van der Waals surface area (Å²) in [6.45, 7) is 8.62. The molecule has 114 valence electrons. The molecule has 22 heavy (non-hydrogen) atoms. The quantitative estimate of drug-likeness (QED) is 0.617. The van der Waals surface area contributed by atoms with E-state index in [0.29, 0.717) is 6.04 Å². The SMILES string of the molecule is C[C@H]1[C@H](C(=O)c2ccc(-c3ccccc3)cc2)N1C(C)(C)C. The van der Waals surface area contributed by atoms with Gasteiger partial charge in [0.2, 0.25) is 0 Å². The Morgan fingerprint density at radius 3 is 1.95 bits per heavy atom. The summed E-state index contributed by atoms with van der Waals surface area (Å²) in [6, 6.07) is 18.6. The van der Waals surface area contributed by atoms with E-state index >= 15 is 0 Å². The van der Waals surface area contributed by atoms with Crippen LogP contribution in [0.1, 0.15) is 38.1 Å². The Morgan fingerprint density at radius 2 is 1.45 bits per heavy atom. The van der Waals surface area contributed by atoms with Crippen LogP contribution in [-0.2, 0) is 0 Å². The number of rotatable bonds is 3. The third kappa shape index (κ3) is 2.71. The maximum absolute atomic E-state index is 12.7. The van der Waals surface area contributed by atoms with Crippen LogP contribution in [0.4, 0.5) is 0 Å². The van der Waals surface area contributed by atoms with Crippen molar-refractivity contribution in [2.45, 2.75) is 45.3 Å². The molecule has 0 saturated carbocycles. The second-order valence-corrected chi connectivity index (χ2v) is 7.07. The van der Waals surface area contributed by atoms with Crippen molar-refractivity contribution in [2.75, 3.05) is 0 Å². The van der Waals surface area contributed by atoms with Gasteiger partial charge in [0.25, 0.3) is 0 Å². The molecule has 2 nitrogen and oxygen atoms in total. The Morgan fingerprint density at radius 1 is 0.909 bits per heavy atom. The van der Waals surface area contributed by atoms with Crippen LogP contribution in [-0.4, -0.2) is 28.3 Å². The average Bonchev–Trinajstić information content (AvgIpc) is 3.19. The molecule has 0 amide bonds. The highest BCUT2D eigenvalue weighted by Crippen LogP contribution is 2.38. The summed E-state index contributed by atoms with van der Waals surface area (Å²) in [5, 5.41) is 0. The zero-order valence-corrected chi connectivity index (χ0v) is 13.7. The molecule has 1 unspecified atom stereocenters. The van der Waals surface area contributed by atoms with E-state index in [4.69, 9.17) is 0 Å². The van der Waals surface area contributed by atoms with Gasteiger partial charge < -0.3 is 0 Å². The predicted octanol–water partition coefficient (Wildman–Crippen LogP) is 4.41. The summed E-state index contributed by atoms with van der Waals surface area (Å²) in [5.74, 6) is 0.238. The molecule has 3 rings (SSSR count). The molecule has 2 aromatic carbocycles. The fourth-order valence-corrected chi connectivity index (χ4v) is 3.35. The van der Waals surface area contributed by atoms with Crippen molar-refractivity contribution in [3.05, 3.63) is 60.2 Å². The molecule has 2 aromatic rings. The van der Waals surface area contributed by atoms with Crippen LogP contribution >= 0.6 is 0 Å². The number of carbonyl (C=O) groups is 1. The normalized spacial score (nSPS) is 24.1. The summed E-state index contributed by atoms with van der Waals surface area (Å²) in [6.07, 6.45) is 0. The fraction of sp³-hybridized carbons (Fsp3) is 0.350. The minimum Gasteiger partial charge on any atom is -0.292 e. The molecule has 0 N–H and O–H groups in total. The van der Waals surface area contributed by atoms with Gasteiger partial charge in [-0.3, -0.25) is 9.69 Å². The Balaban J connectivity index is 1.78. The highest BCUT2D eigenvalue weighted by atomic mass is 16.1. The molecule has 1 heterocycles. The Kier molecular flexibility index (Phi) is 3.65. The van der Waals surface area contributed by atoms with E-state index in [-0.39, 0.29) is 17.4 Å². The molecule has 0 radical (unpaired) electrons. The van der Waals surface area contributed by atoms with Crippen molar-refractivity contribution < 1.29 is 4.79 Å². The molecule has 1 aliphatic rings. The van der Waals surface area contributed by atoms with Crippen molar-refractivity contribution in [1.29, 1.82) is 0 Å². The molecule has 0 bridgehead atoms. The maximum Gasteiger partial charge on any atom is 0.181 e. The van der Waals surface area contributed by atoms with Crippen molar-refractivity contribution in [2.24, 2.45) is 0 Å². The van der Waals surface area contributed by atoms with E-state index < -0.39 is 0 Å². The van der Waals surface area contributed by atoms with Crippen LogP contribution < -0.4 is 0 Å². The lowest BCUT2D eigenvalue weighted by Crippen LogP contribution is -2.30. The van der Waals surface area contributed by atoms with Crippen LogP contribution in [0, 0.1) is 0 Å². The molecule has 0 aromatic heterocycles. The van der Waals surface area contributed by atoms with Gasteiger partial charge in [-0.1, -0.05) is 54.6 Å².